The molecule has 0 spiro atoms. The Balaban J connectivity index is 0.000000791. The predicted octanol–water partition coefficient (Wildman–Crippen LogP) is 3.74. The number of rotatable bonds is 1. The maximum atomic E-state index is 12.2. The molecule has 0 N–H and O–H groups in total. The van der Waals surface area contributed by atoms with Crippen LogP contribution >= 0.6 is 0 Å². The van der Waals surface area contributed by atoms with Gasteiger partial charge in [0.15, 0.2) is 0 Å². The fourth-order valence-electron chi connectivity index (χ4n) is 0.879. The summed E-state index contributed by atoms with van der Waals surface area (Å²) < 4.78 is 41.0. The van der Waals surface area contributed by atoms with Gasteiger partial charge in [-0.15, -0.1) is 0 Å². The molecule has 80 valence electrons. The number of benzene rings is 1. The lowest BCUT2D eigenvalue weighted by molar-refractivity contribution is -0.138. The lowest BCUT2D eigenvalue weighted by Crippen LogP contribution is -2.06. The van der Waals surface area contributed by atoms with Crippen LogP contribution in [-0.2, 0) is 6.18 Å². The highest BCUT2D eigenvalue weighted by molar-refractivity contribution is 5.35. The largest absolute Gasteiger partial charge is 0.496 e. The quantitative estimate of drug-likeness (QED) is 0.680. The van der Waals surface area contributed by atoms with E-state index in [0.29, 0.717) is 0 Å². The third-order valence-electron chi connectivity index (χ3n) is 1.41. The number of methoxy groups -OCH3 is 1. The van der Waals surface area contributed by atoms with Crippen molar-refractivity contribution in [1.82, 2.24) is 0 Å². The summed E-state index contributed by atoms with van der Waals surface area (Å²) in [4.78, 5) is 0. The minimum absolute atomic E-state index is 0.148. The fraction of sp³-hybridized carbons (Fsp3) is 0.400. The third-order valence-corrected chi connectivity index (χ3v) is 1.41. The van der Waals surface area contributed by atoms with Crippen LogP contribution in [0.25, 0.3) is 0 Å². The molecule has 0 radical (unpaired) electrons. The lowest BCUT2D eigenvalue weighted by Gasteiger charge is -2.10. The van der Waals surface area contributed by atoms with Crippen LogP contribution in [0.5, 0.6) is 5.75 Å². The van der Waals surface area contributed by atoms with Crippen molar-refractivity contribution < 1.29 is 17.9 Å². The summed E-state index contributed by atoms with van der Waals surface area (Å²) in [6, 6.07) is 5.08. The first kappa shape index (κ1) is 12.8. The summed E-state index contributed by atoms with van der Waals surface area (Å²) in [5.74, 6) is -0.148. The van der Waals surface area contributed by atoms with E-state index in [0.717, 1.165) is 6.07 Å². The van der Waals surface area contributed by atoms with Gasteiger partial charge in [0, 0.05) is 0 Å². The van der Waals surface area contributed by atoms with Crippen LogP contribution in [0.2, 0.25) is 0 Å². The Morgan fingerprint density at radius 2 is 1.57 bits per heavy atom. The summed E-state index contributed by atoms with van der Waals surface area (Å²) in [6.45, 7) is 4.00. The second-order valence-electron chi connectivity index (χ2n) is 2.20. The normalized spacial score (nSPS) is 10.1. The van der Waals surface area contributed by atoms with E-state index >= 15 is 0 Å². The molecule has 0 heterocycles. The first-order valence-electron chi connectivity index (χ1n) is 4.26. The van der Waals surface area contributed by atoms with Crippen molar-refractivity contribution in [3.05, 3.63) is 29.8 Å². The number of halogens is 3. The van der Waals surface area contributed by atoms with Crippen LogP contribution in [0.1, 0.15) is 19.4 Å². The standard InChI is InChI=1S/C8H7F3O.C2H6/c1-12-7-5-3-2-4-6(7)8(9,10)11;1-2/h2-5H,1H3;1-2H3. The second kappa shape index (κ2) is 5.52. The van der Waals surface area contributed by atoms with Gasteiger partial charge < -0.3 is 4.74 Å². The van der Waals surface area contributed by atoms with Gasteiger partial charge >= 0.3 is 6.18 Å². The Morgan fingerprint density at radius 3 is 1.93 bits per heavy atom. The molecule has 0 aliphatic heterocycles. The molecule has 0 fully saturated rings. The van der Waals surface area contributed by atoms with E-state index in [1.54, 1.807) is 0 Å². The summed E-state index contributed by atoms with van der Waals surface area (Å²) in [5, 5.41) is 0. The van der Waals surface area contributed by atoms with Crippen LogP contribution in [0.3, 0.4) is 0 Å². The highest BCUT2D eigenvalue weighted by Gasteiger charge is 2.33. The van der Waals surface area contributed by atoms with Crippen molar-refractivity contribution in [1.29, 1.82) is 0 Å². The molecule has 0 aliphatic rings. The smallest absolute Gasteiger partial charge is 0.419 e. The SMILES string of the molecule is CC.COc1ccccc1C(F)(F)F. The van der Waals surface area contributed by atoms with E-state index in [-0.39, 0.29) is 5.75 Å². The van der Waals surface area contributed by atoms with Crippen molar-refractivity contribution >= 4 is 0 Å². The fourth-order valence-corrected chi connectivity index (χ4v) is 0.879. The van der Waals surface area contributed by atoms with Gasteiger partial charge in [0.25, 0.3) is 0 Å². The number of alkyl halides is 3. The molecule has 0 aliphatic carbocycles. The summed E-state index contributed by atoms with van der Waals surface area (Å²) >= 11 is 0. The molecule has 4 heteroatoms. The zero-order chi connectivity index (χ0) is 11.2. The van der Waals surface area contributed by atoms with Gasteiger partial charge in [0.05, 0.1) is 12.7 Å². The molecule has 1 nitrogen and oxygen atoms in total. The first-order valence-corrected chi connectivity index (χ1v) is 4.26. The Hall–Kier alpha value is -1.19. The predicted molar refractivity (Wildman–Crippen MR) is 49.3 cm³/mol. The Kier molecular flexibility index (Phi) is 5.05. The van der Waals surface area contributed by atoms with Crippen LogP contribution in [-0.4, -0.2) is 7.11 Å². The molecule has 1 rings (SSSR count). The van der Waals surface area contributed by atoms with E-state index < -0.39 is 11.7 Å². The maximum Gasteiger partial charge on any atom is 0.419 e. The molecule has 0 saturated carbocycles. The molecule has 1 aromatic carbocycles. The van der Waals surface area contributed by atoms with Crippen molar-refractivity contribution in [2.45, 2.75) is 20.0 Å². The molecule has 0 aromatic heterocycles. The molecular formula is C10H13F3O. The highest BCUT2D eigenvalue weighted by atomic mass is 19.4. The van der Waals surface area contributed by atoms with Gasteiger partial charge in [0.1, 0.15) is 5.75 Å². The molecular weight excluding hydrogens is 193 g/mol. The van der Waals surface area contributed by atoms with E-state index in [4.69, 9.17) is 0 Å². The average molecular weight is 206 g/mol. The average Bonchev–Trinajstić information content (AvgIpc) is 2.19. The Bertz CT molecular complexity index is 268. The van der Waals surface area contributed by atoms with Gasteiger partial charge in [0.2, 0.25) is 0 Å². The molecule has 0 amide bonds. The number of hydrogen-bond donors (Lipinski definition) is 0. The van der Waals surface area contributed by atoms with Crippen LogP contribution in [0.4, 0.5) is 13.2 Å². The molecule has 1 aromatic rings. The summed E-state index contributed by atoms with van der Waals surface area (Å²) in [6.07, 6.45) is -4.34. The molecule has 14 heavy (non-hydrogen) atoms. The van der Waals surface area contributed by atoms with Gasteiger partial charge in [-0.1, -0.05) is 26.0 Å². The third kappa shape index (κ3) is 3.28. The van der Waals surface area contributed by atoms with Crippen LogP contribution in [0, 0.1) is 0 Å². The Labute approximate surface area is 81.5 Å². The Morgan fingerprint density at radius 1 is 1.07 bits per heavy atom. The van der Waals surface area contributed by atoms with E-state index in [9.17, 15) is 13.2 Å². The monoisotopic (exact) mass is 206 g/mol. The maximum absolute atomic E-state index is 12.2. The van der Waals surface area contributed by atoms with Crippen molar-refractivity contribution in [2.75, 3.05) is 7.11 Å². The van der Waals surface area contributed by atoms with Gasteiger partial charge in [-0.05, 0) is 12.1 Å². The van der Waals surface area contributed by atoms with Gasteiger partial charge in [-0.2, -0.15) is 13.2 Å². The van der Waals surface area contributed by atoms with Crippen LogP contribution in [0.15, 0.2) is 24.3 Å². The van der Waals surface area contributed by atoms with Crippen LogP contribution < -0.4 is 4.74 Å². The molecule has 0 saturated heterocycles. The van der Waals surface area contributed by atoms with Crippen molar-refractivity contribution in [3.63, 3.8) is 0 Å². The minimum atomic E-state index is -4.34. The second-order valence-corrected chi connectivity index (χ2v) is 2.20. The van der Waals surface area contributed by atoms with Gasteiger partial charge in [-0.3, -0.25) is 0 Å². The first-order chi connectivity index (χ1) is 6.55. The summed E-state index contributed by atoms with van der Waals surface area (Å²) in [5.41, 5.74) is -0.743. The van der Waals surface area contributed by atoms with Gasteiger partial charge in [-0.25, -0.2) is 0 Å². The van der Waals surface area contributed by atoms with E-state index in [1.165, 1.54) is 25.3 Å². The zero-order valence-corrected chi connectivity index (χ0v) is 8.35. The van der Waals surface area contributed by atoms with Crippen molar-refractivity contribution in [3.8, 4) is 5.75 Å². The van der Waals surface area contributed by atoms with E-state index in [2.05, 4.69) is 4.74 Å². The molecule has 0 bridgehead atoms. The number of ether oxygens (including phenoxy) is 1. The topological polar surface area (TPSA) is 9.23 Å². The lowest BCUT2D eigenvalue weighted by atomic mass is 10.2. The van der Waals surface area contributed by atoms with Crippen molar-refractivity contribution in [2.24, 2.45) is 0 Å². The molecule has 0 atom stereocenters. The zero-order valence-electron chi connectivity index (χ0n) is 8.35. The highest BCUT2D eigenvalue weighted by Crippen LogP contribution is 2.35. The number of hydrogen-bond acceptors (Lipinski definition) is 1. The minimum Gasteiger partial charge on any atom is -0.496 e. The molecule has 0 unspecified atom stereocenters. The van der Waals surface area contributed by atoms with E-state index in [1.807, 2.05) is 13.8 Å². The number of para-hydroxylation sites is 1. The summed E-state index contributed by atoms with van der Waals surface area (Å²) in [7, 11) is 1.21.